The van der Waals surface area contributed by atoms with Crippen molar-refractivity contribution in [1.82, 2.24) is 9.97 Å². The molecule has 1 heterocycles. The van der Waals surface area contributed by atoms with Crippen LogP contribution in [0.1, 0.15) is 16.1 Å². The molecular weight excluding hydrogens is 326 g/mol. The van der Waals surface area contributed by atoms with Crippen LogP contribution in [0.15, 0.2) is 41.1 Å². The van der Waals surface area contributed by atoms with Crippen molar-refractivity contribution < 1.29 is 14.7 Å². The number of hydrogen-bond acceptors (Lipinski definition) is 4. The smallest absolute Gasteiger partial charge is 0.358 e. The number of benzene rings is 1. The molecule has 7 heteroatoms. The molecule has 1 amide bonds. The van der Waals surface area contributed by atoms with Gasteiger partial charge < -0.3 is 10.4 Å². The molecule has 0 saturated heterocycles. The van der Waals surface area contributed by atoms with Crippen LogP contribution in [0.5, 0.6) is 0 Å². The van der Waals surface area contributed by atoms with Crippen molar-refractivity contribution in [3.8, 4) is 0 Å². The van der Waals surface area contributed by atoms with E-state index in [2.05, 4.69) is 31.2 Å². The van der Waals surface area contributed by atoms with Crippen molar-refractivity contribution >= 4 is 33.6 Å². The minimum atomic E-state index is -1.24. The van der Waals surface area contributed by atoms with E-state index in [-0.39, 0.29) is 23.8 Å². The normalized spacial score (nSPS) is 10.1. The number of halogens is 1. The molecule has 2 aromatic rings. The molecular formula is C13H10BrN3O3. The first kappa shape index (κ1) is 14.1. The van der Waals surface area contributed by atoms with E-state index in [0.29, 0.717) is 0 Å². The number of carboxylic acids is 1. The third-order valence-corrected chi connectivity index (χ3v) is 2.91. The van der Waals surface area contributed by atoms with Crippen molar-refractivity contribution in [1.29, 1.82) is 0 Å². The van der Waals surface area contributed by atoms with E-state index in [1.54, 1.807) is 6.07 Å². The van der Waals surface area contributed by atoms with E-state index in [9.17, 15) is 9.59 Å². The number of amides is 1. The van der Waals surface area contributed by atoms with Gasteiger partial charge in [-0.05, 0) is 17.7 Å². The molecule has 2 rings (SSSR count). The fraction of sp³-hybridized carbons (Fsp3) is 0.0769. The summed E-state index contributed by atoms with van der Waals surface area (Å²) in [7, 11) is 0. The zero-order chi connectivity index (χ0) is 14.5. The largest absolute Gasteiger partial charge is 0.476 e. The van der Waals surface area contributed by atoms with Crippen molar-refractivity contribution in [2.24, 2.45) is 0 Å². The van der Waals surface area contributed by atoms with Gasteiger partial charge in [0, 0.05) is 16.9 Å². The molecule has 0 aliphatic rings. The van der Waals surface area contributed by atoms with Gasteiger partial charge in [0.25, 0.3) is 0 Å². The SMILES string of the molecule is O=C(Cc1cccc(Br)c1)Nc1nccnc1C(=O)O. The molecule has 0 radical (unpaired) electrons. The summed E-state index contributed by atoms with van der Waals surface area (Å²) in [6.07, 6.45) is 2.70. The molecule has 0 fully saturated rings. The highest BCUT2D eigenvalue weighted by Gasteiger charge is 2.15. The minimum absolute atomic E-state index is 0.0556. The summed E-state index contributed by atoms with van der Waals surface area (Å²) in [5.74, 6) is -1.65. The highest BCUT2D eigenvalue weighted by Crippen LogP contribution is 2.13. The van der Waals surface area contributed by atoms with Crippen LogP contribution in [-0.2, 0) is 11.2 Å². The molecule has 2 N–H and O–H groups in total. The van der Waals surface area contributed by atoms with Gasteiger partial charge in [-0.15, -0.1) is 0 Å². The minimum Gasteiger partial charge on any atom is -0.476 e. The number of aromatic carboxylic acids is 1. The van der Waals surface area contributed by atoms with Crippen LogP contribution in [0.4, 0.5) is 5.82 Å². The van der Waals surface area contributed by atoms with Crippen LogP contribution in [0.3, 0.4) is 0 Å². The van der Waals surface area contributed by atoms with Crippen LogP contribution < -0.4 is 5.32 Å². The van der Waals surface area contributed by atoms with Crippen LogP contribution in [0.2, 0.25) is 0 Å². The third kappa shape index (κ3) is 3.61. The van der Waals surface area contributed by atoms with E-state index in [0.717, 1.165) is 10.0 Å². The maximum Gasteiger partial charge on any atom is 0.358 e. The molecule has 0 aliphatic heterocycles. The molecule has 0 saturated carbocycles. The van der Waals surface area contributed by atoms with E-state index in [4.69, 9.17) is 5.11 Å². The van der Waals surface area contributed by atoms with Crippen LogP contribution in [0, 0.1) is 0 Å². The Hall–Kier alpha value is -2.28. The summed E-state index contributed by atoms with van der Waals surface area (Å²) in [5, 5.41) is 11.4. The molecule has 1 aromatic carbocycles. The Balaban J connectivity index is 2.11. The van der Waals surface area contributed by atoms with Gasteiger partial charge in [0.05, 0.1) is 6.42 Å². The number of anilines is 1. The Morgan fingerprint density at radius 2 is 2.00 bits per heavy atom. The number of nitrogens with zero attached hydrogens (tertiary/aromatic N) is 2. The van der Waals surface area contributed by atoms with Crippen molar-refractivity contribution in [3.05, 3.63) is 52.4 Å². The van der Waals surface area contributed by atoms with Crippen LogP contribution >= 0.6 is 15.9 Å². The molecule has 1 aromatic heterocycles. The Bertz CT molecular complexity index is 661. The second kappa shape index (κ2) is 6.25. The van der Waals surface area contributed by atoms with Gasteiger partial charge in [-0.25, -0.2) is 14.8 Å². The van der Waals surface area contributed by atoms with E-state index in [1.807, 2.05) is 18.2 Å². The number of carbonyl (C=O) groups is 2. The number of aromatic nitrogens is 2. The molecule has 0 unspecified atom stereocenters. The van der Waals surface area contributed by atoms with E-state index in [1.165, 1.54) is 12.4 Å². The summed E-state index contributed by atoms with van der Waals surface area (Å²) in [6.45, 7) is 0. The first-order chi connectivity index (χ1) is 9.56. The average molecular weight is 336 g/mol. The van der Waals surface area contributed by atoms with Crippen LogP contribution in [0.25, 0.3) is 0 Å². The second-order valence-electron chi connectivity index (χ2n) is 3.91. The Kier molecular flexibility index (Phi) is 4.41. The topological polar surface area (TPSA) is 92.2 Å². The van der Waals surface area contributed by atoms with E-state index >= 15 is 0 Å². The molecule has 20 heavy (non-hydrogen) atoms. The van der Waals surface area contributed by atoms with Gasteiger partial charge in [-0.3, -0.25) is 4.79 Å². The summed E-state index contributed by atoms with van der Waals surface area (Å²) < 4.78 is 0.869. The lowest BCUT2D eigenvalue weighted by Gasteiger charge is -2.06. The van der Waals surface area contributed by atoms with Gasteiger partial charge in [0.1, 0.15) is 0 Å². The highest BCUT2D eigenvalue weighted by atomic mass is 79.9. The standard InChI is InChI=1S/C13H10BrN3O3/c14-9-3-1-2-8(6-9)7-10(18)17-12-11(13(19)20)15-4-5-16-12/h1-6H,7H2,(H,19,20)(H,16,17,18). The van der Waals surface area contributed by atoms with Crippen LogP contribution in [-0.4, -0.2) is 27.0 Å². The summed E-state index contributed by atoms with van der Waals surface area (Å²) in [5.41, 5.74) is 0.521. The molecule has 0 atom stereocenters. The zero-order valence-electron chi connectivity index (χ0n) is 10.2. The fourth-order valence-corrected chi connectivity index (χ4v) is 2.04. The van der Waals surface area contributed by atoms with Crippen molar-refractivity contribution in [2.75, 3.05) is 5.32 Å². The number of carbonyl (C=O) groups excluding carboxylic acids is 1. The van der Waals surface area contributed by atoms with Crippen molar-refractivity contribution in [2.45, 2.75) is 6.42 Å². The van der Waals surface area contributed by atoms with Gasteiger partial charge in [-0.1, -0.05) is 28.1 Å². The quantitative estimate of drug-likeness (QED) is 0.892. The maximum atomic E-state index is 11.9. The Morgan fingerprint density at radius 1 is 1.25 bits per heavy atom. The first-order valence-electron chi connectivity index (χ1n) is 5.65. The Morgan fingerprint density at radius 3 is 2.70 bits per heavy atom. The van der Waals surface area contributed by atoms with E-state index < -0.39 is 5.97 Å². The second-order valence-corrected chi connectivity index (χ2v) is 4.83. The predicted molar refractivity (Wildman–Crippen MR) is 75.5 cm³/mol. The summed E-state index contributed by atoms with van der Waals surface area (Å²) in [6, 6.07) is 7.29. The molecule has 0 aliphatic carbocycles. The lowest BCUT2D eigenvalue weighted by atomic mass is 10.1. The zero-order valence-corrected chi connectivity index (χ0v) is 11.8. The number of carboxylic acid groups (broad SMARTS) is 1. The molecule has 0 spiro atoms. The number of hydrogen-bond donors (Lipinski definition) is 2. The highest BCUT2D eigenvalue weighted by molar-refractivity contribution is 9.10. The number of rotatable bonds is 4. The average Bonchev–Trinajstić information content (AvgIpc) is 2.38. The lowest BCUT2D eigenvalue weighted by molar-refractivity contribution is -0.115. The first-order valence-corrected chi connectivity index (χ1v) is 6.44. The fourth-order valence-electron chi connectivity index (χ4n) is 1.59. The Labute approximate surface area is 123 Å². The molecule has 102 valence electrons. The van der Waals surface area contributed by atoms with Crippen molar-refractivity contribution in [3.63, 3.8) is 0 Å². The maximum absolute atomic E-state index is 11.9. The predicted octanol–water partition coefficient (Wildman–Crippen LogP) is 2.12. The number of nitrogens with one attached hydrogen (secondary N) is 1. The monoisotopic (exact) mass is 335 g/mol. The van der Waals surface area contributed by atoms with Gasteiger partial charge in [-0.2, -0.15) is 0 Å². The summed E-state index contributed by atoms with van der Waals surface area (Å²) in [4.78, 5) is 30.3. The lowest BCUT2D eigenvalue weighted by Crippen LogP contribution is -2.18. The molecule has 6 nitrogen and oxygen atoms in total. The van der Waals surface area contributed by atoms with Gasteiger partial charge >= 0.3 is 5.97 Å². The van der Waals surface area contributed by atoms with Gasteiger partial charge in [0.15, 0.2) is 11.5 Å². The molecule has 0 bridgehead atoms. The van der Waals surface area contributed by atoms with Gasteiger partial charge in [0.2, 0.25) is 5.91 Å². The summed E-state index contributed by atoms with van der Waals surface area (Å²) >= 11 is 3.32. The third-order valence-electron chi connectivity index (χ3n) is 2.41.